The van der Waals surface area contributed by atoms with E-state index in [2.05, 4.69) is 25.8 Å². The van der Waals surface area contributed by atoms with Crippen LogP contribution in [0.2, 0.25) is 0 Å². The fourth-order valence-electron chi connectivity index (χ4n) is 7.92. The fraction of sp³-hybridized carbons (Fsp3) is 0.457. The summed E-state index contributed by atoms with van der Waals surface area (Å²) >= 11 is 0. The molecule has 2 aliphatic heterocycles. The van der Waals surface area contributed by atoms with Gasteiger partial charge in [-0.05, 0) is 54.5 Å². The summed E-state index contributed by atoms with van der Waals surface area (Å²) in [7, 11) is -3.83. The van der Waals surface area contributed by atoms with Gasteiger partial charge in [0.2, 0.25) is 29.5 Å². The molecule has 0 aliphatic carbocycles. The number of esters is 1. The standard InChI is InChI=1S/C46H59N6O15P/c1-5-26(2)38-46(62)67-27(3)39(50-42(58)36(54)25-66-68(63,64)65)43(59)48-33(22-28-12-8-6-9-13-28)40(56)47-32-20-21-37(55)52(44(32)60)35(24-29-14-10-7-11-15-29)45(61)51(4)34(41(57)49-38)23-30-16-18-31(53)19-17-30/h6-19,26-27,32-39,53-55H,5,20-25H2,1-4H3,(H,47,56)(H,48,59)(H,49,57)(H,50,58)(H2,63,64,65)/t26?,27-,32?,33+,34+,35+,36+,37-,38-,39+/m1/s1. The van der Waals surface area contributed by atoms with Crippen molar-refractivity contribution in [3.8, 4) is 5.75 Å². The molecule has 0 spiro atoms. The van der Waals surface area contributed by atoms with Gasteiger partial charge in [0.15, 0.2) is 6.10 Å². The lowest BCUT2D eigenvalue weighted by Gasteiger charge is -2.43. The Morgan fingerprint density at radius 3 is 1.97 bits per heavy atom. The number of likely N-dealkylation sites (N-methyl/N-ethyl adjacent to an activating group) is 1. The second-order valence-corrected chi connectivity index (χ2v) is 18.2. The predicted molar refractivity (Wildman–Crippen MR) is 241 cm³/mol. The van der Waals surface area contributed by atoms with E-state index >= 15 is 4.79 Å². The van der Waals surface area contributed by atoms with Gasteiger partial charge >= 0.3 is 13.8 Å². The Morgan fingerprint density at radius 1 is 0.809 bits per heavy atom. The zero-order valence-corrected chi connectivity index (χ0v) is 38.9. The predicted octanol–water partition coefficient (Wildman–Crippen LogP) is -0.0427. The molecule has 5 rings (SSSR count). The van der Waals surface area contributed by atoms with Crippen molar-refractivity contribution >= 4 is 49.2 Å². The van der Waals surface area contributed by atoms with Crippen LogP contribution >= 0.6 is 7.82 Å². The number of nitrogens with one attached hydrogen (secondary N) is 4. The number of nitrogens with zero attached hydrogens (tertiary/aromatic N) is 2. The van der Waals surface area contributed by atoms with Crippen molar-refractivity contribution in [1.29, 1.82) is 0 Å². The van der Waals surface area contributed by atoms with Gasteiger partial charge in [0, 0.05) is 26.3 Å². The number of amides is 6. The van der Waals surface area contributed by atoms with Crippen molar-refractivity contribution in [2.24, 2.45) is 5.92 Å². The summed E-state index contributed by atoms with van der Waals surface area (Å²) in [6.45, 7) is 3.35. The van der Waals surface area contributed by atoms with E-state index in [0.29, 0.717) is 16.7 Å². The molecule has 2 saturated heterocycles. The van der Waals surface area contributed by atoms with E-state index in [9.17, 15) is 48.7 Å². The third-order valence-electron chi connectivity index (χ3n) is 12.0. The Balaban J connectivity index is 1.64. The molecule has 2 fully saturated rings. The average molecular weight is 967 g/mol. The molecule has 22 heteroatoms. The summed E-state index contributed by atoms with van der Waals surface area (Å²) in [5, 5.41) is 42.2. The number of aliphatic hydroxyl groups excluding tert-OH is 2. The first-order valence-corrected chi connectivity index (χ1v) is 23.6. The molecule has 10 atom stereocenters. The summed E-state index contributed by atoms with van der Waals surface area (Å²) in [5.41, 5.74) is 1.61. The highest BCUT2D eigenvalue weighted by Gasteiger charge is 2.46. The molecule has 2 unspecified atom stereocenters. The molecule has 2 bridgehead atoms. The third-order valence-corrected chi connectivity index (χ3v) is 12.5. The number of hydrogen-bond acceptors (Lipinski definition) is 13. The Morgan fingerprint density at radius 2 is 1.38 bits per heavy atom. The highest BCUT2D eigenvalue weighted by molar-refractivity contribution is 7.46. The van der Waals surface area contributed by atoms with E-state index in [-0.39, 0.29) is 44.3 Å². The van der Waals surface area contributed by atoms with E-state index < -0.39 is 116 Å². The van der Waals surface area contributed by atoms with Crippen LogP contribution < -0.4 is 21.3 Å². The van der Waals surface area contributed by atoms with Crippen molar-refractivity contribution in [3.05, 3.63) is 102 Å². The number of benzene rings is 3. The van der Waals surface area contributed by atoms with Gasteiger partial charge in [-0.1, -0.05) is 93.1 Å². The summed E-state index contributed by atoms with van der Waals surface area (Å²) in [6.07, 6.45) is -5.87. The topological polar surface area (TPSA) is 311 Å². The summed E-state index contributed by atoms with van der Waals surface area (Å²) in [5.74, 6) is -7.74. The first kappa shape index (κ1) is 52.7. The highest BCUT2D eigenvalue weighted by Crippen LogP contribution is 2.35. The van der Waals surface area contributed by atoms with Gasteiger partial charge in [-0.2, -0.15) is 0 Å². The molecule has 0 radical (unpaired) electrons. The zero-order valence-electron chi connectivity index (χ0n) is 38.0. The lowest BCUT2D eigenvalue weighted by Crippen LogP contribution is -2.65. The number of ether oxygens (including phenoxy) is 1. The van der Waals surface area contributed by atoms with Crippen molar-refractivity contribution in [2.45, 2.75) is 114 Å². The number of phenolic OH excluding ortho intramolecular Hbond substituents is 1. The number of fused-ring (bicyclic) bond motifs is 2. The summed E-state index contributed by atoms with van der Waals surface area (Å²) in [6, 6.07) is 13.7. The quantitative estimate of drug-likeness (QED) is 0.0802. The fourth-order valence-corrected chi connectivity index (χ4v) is 8.25. The van der Waals surface area contributed by atoms with Crippen LogP contribution in [0.3, 0.4) is 0 Å². The van der Waals surface area contributed by atoms with Gasteiger partial charge in [0.05, 0.1) is 6.61 Å². The lowest BCUT2D eigenvalue weighted by molar-refractivity contribution is -0.165. The zero-order chi connectivity index (χ0) is 49.9. The molecule has 2 heterocycles. The van der Waals surface area contributed by atoms with Crippen LogP contribution in [0.5, 0.6) is 5.75 Å². The van der Waals surface area contributed by atoms with Crippen molar-refractivity contribution in [1.82, 2.24) is 31.1 Å². The average Bonchev–Trinajstić information content (AvgIpc) is 3.30. The van der Waals surface area contributed by atoms with Gasteiger partial charge in [0.1, 0.15) is 54.3 Å². The number of phosphoric ester groups is 1. The van der Waals surface area contributed by atoms with Crippen LogP contribution in [-0.2, 0) is 66.6 Å². The molecule has 68 heavy (non-hydrogen) atoms. The molecule has 368 valence electrons. The Hall–Kier alpha value is -6.22. The number of carbonyl (C=O) groups excluding carboxylic acids is 7. The minimum absolute atomic E-state index is 0.0717. The number of phosphoric acid groups is 1. The third kappa shape index (κ3) is 14.2. The number of hydrogen-bond donors (Lipinski definition) is 9. The first-order valence-electron chi connectivity index (χ1n) is 22.1. The van der Waals surface area contributed by atoms with Gasteiger partial charge < -0.3 is 60.9 Å². The van der Waals surface area contributed by atoms with Crippen LogP contribution in [0.1, 0.15) is 56.7 Å². The van der Waals surface area contributed by atoms with Crippen molar-refractivity contribution in [3.63, 3.8) is 0 Å². The number of phenols is 1. The number of piperidine rings is 1. The maximum absolute atomic E-state index is 15.1. The number of cyclic esters (lactones) is 1. The maximum atomic E-state index is 15.1. The second kappa shape index (κ2) is 23.7. The Labute approximate surface area is 392 Å². The molecule has 3 aromatic rings. The number of rotatable bonds is 13. The number of aliphatic hydroxyl groups is 2. The molecule has 6 amide bonds. The normalized spacial score (nSPS) is 25.6. The van der Waals surface area contributed by atoms with Crippen molar-refractivity contribution < 1.29 is 72.5 Å². The van der Waals surface area contributed by atoms with Crippen LogP contribution in [0, 0.1) is 5.92 Å². The van der Waals surface area contributed by atoms with Gasteiger partial charge in [-0.3, -0.25) is 33.3 Å². The van der Waals surface area contributed by atoms with Crippen LogP contribution in [0.25, 0.3) is 0 Å². The Kier molecular flexibility index (Phi) is 18.4. The molecular weight excluding hydrogens is 908 g/mol. The van der Waals surface area contributed by atoms with E-state index in [4.69, 9.17) is 14.5 Å². The molecule has 9 N–H and O–H groups in total. The molecule has 21 nitrogen and oxygen atoms in total. The SMILES string of the molecule is CCC(C)[C@H]1NC(=O)[C@H](Cc2ccc(O)cc2)N(C)C(=O)[C@H](Cc2ccccc2)N2C(=O)C(CC[C@H]2O)NC(=O)[C@H](Cc2ccccc2)NC(=O)[C@@H](NC(=O)[C@@H](O)COP(=O)(O)O)[C@@H](C)OC1=O. The lowest BCUT2D eigenvalue weighted by atomic mass is 9.95. The van der Waals surface area contributed by atoms with E-state index in [1.54, 1.807) is 74.5 Å². The van der Waals surface area contributed by atoms with E-state index in [1.165, 1.54) is 38.2 Å². The first-order chi connectivity index (χ1) is 32.2. The van der Waals surface area contributed by atoms with Crippen LogP contribution in [0.4, 0.5) is 0 Å². The maximum Gasteiger partial charge on any atom is 0.469 e. The van der Waals surface area contributed by atoms with Crippen LogP contribution in [-0.4, -0.2) is 145 Å². The van der Waals surface area contributed by atoms with Gasteiger partial charge in [-0.15, -0.1) is 0 Å². The second-order valence-electron chi connectivity index (χ2n) is 17.0. The summed E-state index contributed by atoms with van der Waals surface area (Å²) < 4.78 is 21.4. The van der Waals surface area contributed by atoms with Crippen LogP contribution in [0.15, 0.2) is 84.9 Å². The number of aromatic hydroxyl groups is 1. The molecule has 0 saturated carbocycles. The minimum atomic E-state index is -5.17. The molecule has 2 aliphatic rings. The molecular formula is C46H59N6O15P. The molecule has 3 aromatic carbocycles. The van der Waals surface area contributed by atoms with E-state index in [1.807, 2.05) is 0 Å². The highest BCUT2D eigenvalue weighted by atomic mass is 31.2. The smallest absolute Gasteiger partial charge is 0.469 e. The van der Waals surface area contributed by atoms with Crippen molar-refractivity contribution in [2.75, 3.05) is 13.7 Å². The molecule has 0 aromatic heterocycles. The largest absolute Gasteiger partial charge is 0.508 e. The number of carbonyl (C=O) groups is 7. The monoisotopic (exact) mass is 966 g/mol. The Bertz CT molecular complexity index is 2300. The van der Waals surface area contributed by atoms with E-state index in [0.717, 1.165) is 9.80 Å². The minimum Gasteiger partial charge on any atom is -0.508 e. The van der Waals surface area contributed by atoms with Gasteiger partial charge in [-0.25, -0.2) is 9.36 Å². The van der Waals surface area contributed by atoms with Gasteiger partial charge in [0.25, 0.3) is 5.91 Å². The summed E-state index contributed by atoms with van der Waals surface area (Å²) in [4.78, 5) is 121.